The van der Waals surface area contributed by atoms with Gasteiger partial charge in [0.1, 0.15) is 17.0 Å². The Labute approximate surface area is 145 Å². The highest BCUT2D eigenvalue weighted by molar-refractivity contribution is 5.98. The predicted octanol–water partition coefficient (Wildman–Crippen LogP) is -0.535. The van der Waals surface area contributed by atoms with E-state index in [-0.39, 0.29) is 11.5 Å². The molecule has 130 valence electrons. The van der Waals surface area contributed by atoms with Crippen molar-refractivity contribution in [3.05, 3.63) is 46.0 Å². The molecule has 1 saturated heterocycles. The predicted molar refractivity (Wildman–Crippen MR) is 95.2 cm³/mol. The van der Waals surface area contributed by atoms with Crippen molar-refractivity contribution in [2.24, 2.45) is 7.05 Å². The van der Waals surface area contributed by atoms with Crippen LogP contribution in [-0.2, 0) is 7.05 Å². The van der Waals surface area contributed by atoms with Gasteiger partial charge in [-0.05, 0) is 24.6 Å². The molecule has 0 aliphatic carbocycles. The van der Waals surface area contributed by atoms with Crippen LogP contribution in [0.25, 0.3) is 16.7 Å². The summed E-state index contributed by atoms with van der Waals surface area (Å²) in [6.45, 7) is 5.29. The van der Waals surface area contributed by atoms with Crippen molar-refractivity contribution in [2.45, 2.75) is 6.92 Å². The molecule has 25 heavy (non-hydrogen) atoms. The Bertz CT molecular complexity index is 1040. The third kappa shape index (κ3) is 2.42. The number of aromatic nitrogens is 3. The summed E-state index contributed by atoms with van der Waals surface area (Å²) in [5.41, 5.74) is 2.50. The fraction of sp³-hybridized carbons (Fsp3) is 0.389. The van der Waals surface area contributed by atoms with Crippen LogP contribution >= 0.6 is 0 Å². The lowest BCUT2D eigenvalue weighted by Gasteiger charge is -2.30. The van der Waals surface area contributed by atoms with Crippen molar-refractivity contribution in [3.8, 4) is 0 Å². The van der Waals surface area contributed by atoms with Crippen molar-refractivity contribution >= 4 is 22.6 Å². The Morgan fingerprint density at radius 3 is 2.68 bits per heavy atom. The molecule has 4 heterocycles. The first-order valence-electron chi connectivity index (χ1n) is 8.55. The average molecular weight is 340 g/mol. The van der Waals surface area contributed by atoms with Gasteiger partial charge in [0.2, 0.25) is 0 Å². The molecule has 0 unspecified atom stereocenters. The highest BCUT2D eigenvalue weighted by Gasteiger charge is 2.26. The van der Waals surface area contributed by atoms with Crippen molar-refractivity contribution in [1.82, 2.24) is 18.9 Å². The fourth-order valence-electron chi connectivity index (χ4n) is 3.49. The number of hydrogen-bond donors (Lipinski definition) is 1. The van der Waals surface area contributed by atoms with Gasteiger partial charge in [0.25, 0.3) is 11.5 Å². The van der Waals surface area contributed by atoms with Gasteiger partial charge in [-0.1, -0.05) is 6.07 Å². The van der Waals surface area contributed by atoms with E-state index in [9.17, 15) is 9.59 Å². The second kappa shape index (κ2) is 5.70. The molecule has 0 aromatic carbocycles. The summed E-state index contributed by atoms with van der Waals surface area (Å²) in [6, 6.07) is 5.45. The summed E-state index contributed by atoms with van der Waals surface area (Å²) in [7, 11) is 3.94. The summed E-state index contributed by atoms with van der Waals surface area (Å²) >= 11 is 0. The lowest BCUT2D eigenvalue weighted by Crippen LogP contribution is -3.12. The van der Waals surface area contributed by atoms with Crippen molar-refractivity contribution in [2.75, 3.05) is 33.2 Å². The van der Waals surface area contributed by atoms with Crippen LogP contribution in [0.3, 0.4) is 0 Å². The average Bonchev–Trinajstić information content (AvgIpc) is 2.94. The zero-order valence-corrected chi connectivity index (χ0v) is 14.7. The van der Waals surface area contributed by atoms with E-state index >= 15 is 0 Å². The maximum absolute atomic E-state index is 12.9. The summed E-state index contributed by atoms with van der Waals surface area (Å²) in [5.74, 6) is -0.0295. The number of aryl methyl sites for hydroxylation is 2. The Morgan fingerprint density at radius 2 is 1.96 bits per heavy atom. The molecule has 1 fully saturated rings. The van der Waals surface area contributed by atoms with Crippen LogP contribution in [0.4, 0.5) is 0 Å². The molecule has 0 spiro atoms. The van der Waals surface area contributed by atoms with E-state index in [1.54, 1.807) is 28.3 Å². The summed E-state index contributed by atoms with van der Waals surface area (Å²) < 4.78 is 3.29. The summed E-state index contributed by atoms with van der Waals surface area (Å²) in [4.78, 5) is 33.7. The smallest absolute Gasteiger partial charge is 0.270 e. The van der Waals surface area contributed by atoms with Gasteiger partial charge < -0.3 is 14.4 Å². The minimum atomic E-state index is -0.138. The zero-order valence-electron chi connectivity index (χ0n) is 14.7. The molecule has 1 aliphatic heterocycles. The number of rotatable bonds is 1. The van der Waals surface area contributed by atoms with Gasteiger partial charge in [0.05, 0.1) is 38.6 Å². The molecule has 7 nitrogen and oxygen atoms in total. The van der Waals surface area contributed by atoms with Crippen LogP contribution in [0.1, 0.15) is 16.1 Å². The number of piperazine rings is 1. The first-order valence-corrected chi connectivity index (χ1v) is 8.55. The number of nitrogens with one attached hydrogen (secondary N) is 1. The van der Waals surface area contributed by atoms with Gasteiger partial charge in [-0.2, -0.15) is 0 Å². The van der Waals surface area contributed by atoms with Crippen molar-refractivity contribution in [3.63, 3.8) is 0 Å². The summed E-state index contributed by atoms with van der Waals surface area (Å²) in [5, 5.41) is 0.480. The summed E-state index contributed by atoms with van der Waals surface area (Å²) in [6.07, 6.45) is 1.72. The number of pyridine rings is 1. The number of fused-ring (bicyclic) bond motifs is 2. The molecule has 1 N–H and O–H groups in total. The molecule has 0 atom stereocenters. The standard InChI is InChI=1S/C18H21N5O2/c1-12-5-4-6-23-15(12)19-16-13(17(23)24)11-14(21(16)3)18(25)22-9-7-20(2)8-10-22/h4-6,11H,7-10H2,1-3H3/p+1. The van der Waals surface area contributed by atoms with Gasteiger partial charge >= 0.3 is 0 Å². The second-order valence-electron chi connectivity index (χ2n) is 6.88. The molecule has 4 rings (SSSR count). The normalized spacial score (nSPS) is 16.0. The minimum Gasteiger partial charge on any atom is -0.334 e. The fourth-order valence-corrected chi connectivity index (χ4v) is 3.49. The SMILES string of the molecule is Cc1cccn2c(=O)c3cc(C(=O)N4CC[NH+](C)CC4)n(C)c3nc12. The van der Waals surface area contributed by atoms with Crippen LogP contribution in [0, 0.1) is 6.92 Å². The Morgan fingerprint density at radius 1 is 1.24 bits per heavy atom. The van der Waals surface area contributed by atoms with Crippen LogP contribution in [-0.4, -0.2) is 58.0 Å². The lowest BCUT2D eigenvalue weighted by molar-refractivity contribution is -0.883. The third-order valence-corrected chi connectivity index (χ3v) is 5.15. The number of likely N-dealkylation sites (N-methyl/N-ethyl adjacent to an activating group) is 1. The molecule has 0 saturated carbocycles. The topological polar surface area (TPSA) is 64.0 Å². The molecule has 0 radical (unpaired) electrons. The first kappa shape index (κ1) is 15.8. The molecule has 7 heteroatoms. The molecule has 1 aliphatic rings. The van der Waals surface area contributed by atoms with Crippen molar-refractivity contribution in [1.29, 1.82) is 0 Å². The Kier molecular flexibility index (Phi) is 3.61. The van der Waals surface area contributed by atoms with Crippen LogP contribution in [0.15, 0.2) is 29.2 Å². The van der Waals surface area contributed by atoms with E-state index in [2.05, 4.69) is 12.0 Å². The number of quaternary nitrogens is 1. The Hall–Kier alpha value is -2.67. The Balaban J connectivity index is 1.86. The molecule has 0 bridgehead atoms. The van der Waals surface area contributed by atoms with Crippen molar-refractivity contribution < 1.29 is 9.69 Å². The monoisotopic (exact) mass is 340 g/mol. The highest BCUT2D eigenvalue weighted by Crippen LogP contribution is 2.17. The zero-order chi connectivity index (χ0) is 17.7. The first-order chi connectivity index (χ1) is 12.0. The van der Waals surface area contributed by atoms with E-state index in [1.807, 2.05) is 24.0 Å². The van der Waals surface area contributed by atoms with Crippen LogP contribution in [0.5, 0.6) is 0 Å². The van der Waals surface area contributed by atoms with Gasteiger partial charge in [-0.3, -0.25) is 14.0 Å². The van der Waals surface area contributed by atoms with E-state index < -0.39 is 0 Å². The molecular weight excluding hydrogens is 318 g/mol. The van der Waals surface area contributed by atoms with Gasteiger partial charge in [-0.15, -0.1) is 0 Å². The van der Waals surface area contributed by atoms with Crippen LogP contribution < -0.4 is 10.5 Å². The van der Waals surface area contributed by atoms with E-state index in [1.165, 1.54) is 4.90 Å². The third-order valence-electron chi connectivity index (χ3n) is 5.15. The van der Waals surface area contributed by atoms with E-state index in [0.717, 1.165) is 31.7 Å². The second-order valence-corrected chi connectivity index (χ2v) is 6.88. The van der Waals surface area contributed by atoms with E-state index in [4.69, 9.17) is 0 Å². The number of carbonyl (C=O) groups excluding carboxylic acids is 1. The number of hydrogen-bond acceptors (Lipinski definition) is 3. The molecule has 3 aromatic rings. The largest absolute Gasteiger partial charge is 0.334 e. The van der Waals surface area contributed by atoms with Gasteiger partial charge in [0, 0.05) is 13.2 Å². The number of carbonyl (C=O) groups is 1. The van der Waals surface area contributed by atoms with Crippen LogP contribution in [0.2, 0.25) is 0 Å². The van der Waals surface area contributed by atoms with Gasteiger partial charge in [-0.25, -0.2) is 4.98 Å². The molecule has 1 amide bonds. The quantitative estimate of drug-likeness (QED) is 0.647. The molecular formula is C18H22N5O2+. The maximum Gasteiger partial charge on any atom is 0.270 e. The maximum atomic E-state index is 12.9. The molecule has 3 aromatic heterocycles. The lowest BCUT2D eigenvalue weighted by atomic mass is 10.2. The van der Waals surface area contributed by atoms with E-state index in [0.29, 0.717) is 22.4 Å². The number of amides is 1. The van der Waals surface area contributed by atoms with Gasteiger partial charge in [0.15, 0.2) is 0 Å². The minimum absolute atomic E-state index is 0.0295. The highest BCUT2D eigenvalue weighted by atomic mass is 16.2. The number of nitrogens with zero attached hydrogens (tertiary/aromatic N) is 4.